The summed E-state index contributed by atoms with van der Waals surface area (Å²) in [5.74, 6) is -0.275. The average molecular weight is 336 g/mol. The van der Waals surface area contributed by atoms with Crippen LogP contribution in [0.4, 0.5) is 0 Å². The van der Waals surface area contributed by atoms with E-state index in [0.29, 0.717) is 17.0 Å². The summed E-state index contributed by atoms with van der Waals surface area (Å²) in [6, 6.07) is 19.9. The van der Waals surface area contributed by atoms with E-state index in [1.807, 2.05) is 36.4 Å². The van der Waals surface area contributed by atoms with Crippen molar-refractivity contribution in [2.45, 2.75) is 6.61 Å². The number of hydrogen-bond acceptors (Lipinski definition) is 5. The molecule has 0 aliphatic heterocycles. The predicted molar refractivity (Wildman–Crippen MR) is 90.5 cm³/mol. The molecule has 0 saturated carbocycles. The van der Waals surface area contributed by atoms with Crippen molar-refractivity contribution in [1.82, 2.24) is 10.5 Å². The fourth-order valence-electron chi connectivity index (χ4n) is 2.17. The molecule has 25 heavy (non-hydrogen) atoms. The number of carbonyl (C=O) groups is 2. The molecule has 6 heteroatoms. The number of esters is 1. The lowest BCUT2D eigenvalue weighted by atomic mass is 10.2. The van der Waals surface area contributed by atoms with Crippen molar-refractivity contribution in [3.8, 4) is 11.3 Å². The zero-order valence-electron chi connectivity index (χ0n) is 13.3. The predicted octanol–water partition coefficient (Wildman–Crippen LogP) is 2.81. The molecule has 0 fully saturated rings. The number of aromatic nitrogens is 1. The van der Waals surface area contributed by atoms with Crippen molar-refractivity contribution < 1.29 is 18.8 Å². The highest BCUT2D eigenvalue weighted by atomic mass is 16.5. The summed E-state index contributed by atoms with van der Waals surface area (Å²) < 4.78 is 10.3. The maximum Gasteiger partial charge on any atom is 0.325 e. The number of benzene rings is 2. The molecule has 6 nitrogen and oxygen atoms in total. The van der Waals surface area contributed by atoms with Crippen LogP contribution in [0.5, 0.6) is 0 Å². The van der Waals surface area contributed by atoms with Crippen LogP contribution in [0, 0.1) is 0 Å². The third-order valence-electron chi connectivity index (χ3n) is 3.43. The van der Waals surface area contributed by atoms with Gasteiger partial charge in [-0.25, -0.2) is 0 Å². The van der Waals surface area contributed by atoms with Crippen LogP contribution in [-0.4, -0.2) is 23.6 Å². The smallest absolute Gasteiger partial charge is 0.325 e. The van der Waals surface area contributed by atoms with E-state index in [9.17, 15) is 9.59 Å². The van der Waals surface area contributed by atoms with E-state index in [0.717, 1.165) is 5.56 Å². The Balaban J connectivity index is 1.47. The van der Waals surface area contributed by atoms with Gasteiger partial charge in [0.25, 0.3) is 5.91 Å². The highest BCUT2D eigenvalue weighted by Gasteiger charge is 2.11. The minimum Gasteiger partial charge on any atom is -0.458 e. The van der Waals surface area contributed by atoms with Crippen molar-refractivity contribution in [1.29, 1.82) is 0 Å². The van der Waals surface area contributed by atoms with Gasteiger partial charge in [0.15, 0.2) is 5.76 Å². The number of ether oxygens (including phenoxy) is 1. The lowest BCUT2D eigenvalue weighted by molar-refractivity contribution is -0.143. The second kappa shape index (κ2) is 7.92. The maximum atomic E-state index is 11.8. The minimum atomic E-state index is -0.548. The lowest BCUT2D eigenvalue weighted by Gasteiger charge is -2.05. The molecule has 1 N–H and O–H groups in total. The van der Waals surface area contributed by atoms with Gasteiger partial charge in [-0.1, -0.05) is 53.7 Å². The Labute approximate surface area is 144 Å². The van der Waals surface area contributed by atoms with Gasteiger partial charge in [0.1, 0.15) is 18.8 Å². The summed E-state index contributed by atoms with van der Waals surface area (Å²) in [6.07, 6.45) is 0. The van der Waals surface area contributed by atoms with Gasteiger partial charge in [0.2, 0.25) is 0 Å². The zero-order valence-corrected chi connectivity index (χ0v) is 13.3. The van der Waals surface area contributed by atoms with E-state index in [2.05, 4.69) is 10.5 Å². The molecule has 3 aromatic rings. The van der Waals surface area contributed by atoms with E-state index in [4.69, 9.17) is 9.26 Å². The van der Waals surface area contributed by atoms with E-state index in [1.165, 1.54) is 0 Å². The molecular formula is C19H16N2O4. The Bertz CT molecular complexity index is 844. The molecule has 1 amide bonds. The highest BCUT2D eigenvalue weighted by Crippen LogP contribution is 2.19. The van der Waals surface area contributed by atoms with Crippen LogP contribution < -0.4 is 5.32 Å². The van der Waals surface area contributed by atoms with Crippen LogP contribution in [0.2, 0.25) is 0 Å². The average Bonchev–Trinajstić information content (AvgIpc) is 3.15. The molecule has 3 rings (SSSR count). The summed E-state index contributed by atoms with van der Waals surface area (Å²) in [6.45, 7) is -0.229. The first-order valence-electron chi connectivity index (χ1n) is 7.72. The topological polar surface area (TPSA) is 81.4 Å². The molecule has 2 aromatic carbocycles. The van der Waals surface area contributed by atoms with E-state index in [-0.39, 0.29) is 19.1 Å². The zero-order chi connectivity index (χ0) is 17.5. The van der Waals surface area contributed by atoms with Gasteiger partial charge in [-0.05, 0) is 12.1 Å². The number of nitrogens with one attached hydrogen (secondary N) is 1. The Morgan fingerprint density at radius 3 is 2.40 bits per heavy atom. The Hall–Kier alpha value is -3.41. The van der Waals surface area contributed by atoms with Crippen molar-refractivity contribution in [3.63, 3.8) is 0 Å². The summed E-state index contributed by atoms with van der Waals surface area (Å²) in [4.78, 5) is 23.6. The largest absolute Gasteiger partial charge is 0.458 e. The molecule has 0 bridgehead atoms. The first-order valence-corrected chi connectivity index (χ1v) is 7.72. The third-order valence-corrected chi connectivity index (χ3v) is 3.43. The van der Waals surface area contributed by atoms with E-state index >= 15 is 0 Å². The van der Waals surface area contributed by atoms with Gasteiger partial charge in [-0.15, -0.1) is 0 Å². The third kappa shape index (κ3) is 4.54. The SMILES string of the molecule is O=C(CNC(=O)c1ccccc1)OCc1cc(-c2ccccc2)on1. The van der Waals surface area contributed by atoms with Crippen LogP contribution in [0.1, 0.15) is 16.1 Å². The normalized spacial score (nSPS) is 10.2. The molecule has 0 atom stereocenters. The first kappa shape index (κ1) is 16.4. The number of hydrogen-bond donors (Lipinski definition) is 1. The van der Waals surface area contributed by atoms with Gasteiger partial charge in [0.05, 0.1) is 0 Å². The van der Waals surface area contributed by atoms with Crippen LogP contribution in [0.15, 0.2) is 71.3 Å². The molecule has 0 aliphatic rings. The molecular weight excluding hydrogens is 320 g/mol. The lowest BCUT2D eigenvalue weighted by Crippen LogP contribution is -2.30. The van der Waals surface area contributed by atoms with Gasteiger partial charge in [-0.3, -0.25) is 9.59 Å². The van der Waals surface area contributed by atoms with Crippen molar-refractivity contribution in [2.24, 2.45) is 0 Å². The molecule has 0 unspecified atom stereocenters. The summed E-state index contributed by atoms with van der Waals surface area (Å²) in [5, 5.41) is 6.38. The van der Waals surface area contributed by atoms with Crippen molar-refractivity contribution in [2.75, 3.05) is 6.54 Å². The van der Waals surface area contributed by atoms with E-state index < -0.39 is 5.97 Å². The Morgan fingerprint density at radius 1 is 1.00 bits per heavy atom. The molecule has 126 valence electrons. The van der Waals surface area contributed by atoms with Crippen LogP contribution in [0.3, 0.4) is 0 Å². The fraction of sp³-hybridized carbons (Fsp3) is 0.105. The number of nitrogens with zero attached hydrogens (tertiary/aromatic N) is 1. The number of rotatable bonds is 6. The quantitative estimate of drug-likeness (QED) is 0.700. The van der Waals surface area contributed by atoms with Crippen LogP contribution in [-0.2, 0) is 16.1 Å². The Morgan fingerprint density at radius 2 is 1.68 bits per heavy atom. The molecule has 0 spiro atoms. The monoisotopic (exact) mass is 336 g/mol. The minimum absolute atomic E-state index is 0.0175. The van der Waals surface area contributed by atoms with Crippen LogP contribution >= 0.6 is 0 Å². The number of carbonyl (C=O) groups excluding carboxylic acids is 2. The second-order valence-electron chi connectivity index (χ2n) is 5.26. The van der Waals surface area contributed by atoms with E-state index in [1.54, 1.807) is 30.3 Å². The van der Waals surface area contributed by atoms with Gasteiger partial charge < -0.3 is 14.6 Å². The molecule has 0 saturated heterocycles. The highest BCUT2D eigenvalue weighted by molar-refractivity contribution is 5.95. The molecule has 0 aliphatic carbocycles. The van der Waals surface area contributed by atoms with Gasteiger partial charge in [-0.2, -0.15) is 0 Å². The van der Waals surface area contributed by atoms with Gasteiger partial charge in [0, 0.05) is 17.2 Å². The second-order valence-corrected chi connectivity index (χ2v) is 5.26. The van der Waals surface area contributed by atoms with Crippen molar-refractivity contribution >= 4 is 11.9 Å². The molecule has 0 radical (unpaired) electrons. The van der Waals surface area contributed by atoms with Gasteiger partial charge >= 0.3 is 5.97 Å². The Kier molecular flexibility index (Phi) is 5.21. The first-order chi connectivity index (χ1) is 12.2. The molecule has 1 heterocycles. The molecule has 1 aromatic heterocycles. The number of amides is 1. The van der Waals surface area contributed by atoms with Crippen molar-refractivity contribution in [3.05, 3.63) is 78.0 Å². The summed E-state index contributed by atoms with van der Waals surface area (Å²) in [5.41, 5.74) is 1.88. The summed E-state index contributed by atoms with van der Waals surface area (Å²) in [7, 11) is 0. The summed E-state index contributed by atoms with van der Waals surface area (Å²) >= 11 is 0. The fourth-order valence-corrected chi connectivity index (χ4v) is 2.17. The van der Waals surface area contributed by atoms with Crippen LogP contribution in [0.25, 0.3) is 11.3 Å². The maximum absolute atomic E-state index is 11.8. The standard InChI is InChI=1S/C19H16N2O4/c22-18(12-20-19(23)15-9-5-2-6-10-15)24-13-16-11-17(25-21-16)14-7-3-1-4-8-14/h1-11H,12-13H2,(H,20,23).